The van der Waals surface area contributed by atoms with Crippen molar-refractivity contribution in [2.45, 2.75) is 13.0 Å². The lowest BCUT2D eigenvalue weighted by Crippen LogP contribution is -2.22. The summed E-state index contributed by atoms with van der Waals surface area (Å²) in [5.41, 5.74) is 0. The van der Waals surface area contributed by atoms with Crippen molar-refractivity contribution in [1.82, 2.24) is 0 Å². The fourth-order valence-electron chi connectivity index (χ4n) is 0.369. The van der Waals surface area contributed by atoms with E-state index < -0.39 is 12.1 Å². The van der Waals surface area contributed by atoms with Crippen molar-refractivity contribution in [3.8, 4) is 12.3 Å². The van der Waals surface area contributed by atoms with Gasteiger partial charge in [-0.15, -0.1) is 6.42 Å². The minimum Gasteiger partial charge on any atom is -0.453 e. The first-order valence-corrected chi connectivity index (χ1v) is 2.91. The molecule has 0 aromatic heterocycles. The van der Waals surface area contributed by atoms with E-state index in [4.69, 9.17) is 6.42 Å². The van der Waals surface area contributed by atoms with E-state index in [1.807, 2.05) is 0 Å². The van der Waals surface area contributed by atoms with Crippen LogP contribution in [0.25, 0.3) is 0 Å². The van der Waals surface area contributed by atoms with Crippen LogP contribution in [0.2, 0.25) is 0 Å². The summed E-state index contributed by atoms with van der Waals surface area (Å²) in [6, 6.07) is 0. The highest BCUT2D eigenvalue weighted by atomic mass is 16.6. The van der Waals surface area contributed by atoms with Crippen LogP contribution in [0.15, 0.2) is 0 Å². The van der Waals surface area contributed by atoms with Crippen LogP contribution in [0.1, 0.15) is 6.92 Å². The van der Waals surface area contributed by atoms with Gasteiger partial charge in [-0.1, -0.05) is 5.92 Å². The van der Waals surface area contributed by atoms with Crippen molar-refractivity contribution in [2.75, 3.05) is 6.61 Å². The number of rotatable bonds is 4. The number of terminal acetylenes is 1. The van der Waals surface area contributed by atoms with E-state index >= 15 is 0 Å². The van der Waals surface area contributed by atoms with Gasteiger partial charge in [0.15, 0.2) is 12.7 Å². The van der Waals surface area contributed by atoms with Gasteiger partial charge in [-0.05, 0) is 6.92 Å². The maximum atomic E-state index is 10.7. The molecule has 0 fully saturated rings. The van der Waals surface area contributed by atoms with Gasteiger partial charge in [0.1, 0.15) is 0 Å². The zero-order valence-corrected chi connectivity index (χ0v) is 6.07. The van der Waals surface area contributed by atoms with Crippen molar-refractivity contribution in [3.05, 3.63) is 0 Å². The maximum Gasteiger partial charge on any atom is 0.348 e. The minimum absolute atomic E-state index is 0.106. The van der Waals surface area contributed by atoms with Gasteiger partial charge in [-0.2, -0.15) is 0 Å². The summed E-state index contributed by atoms with van der Waals surface area (Å²) in [5, 5.41) is 0. The first-order valence-electron chi connectivity index (χ1n) is 2.91. The van der Waals surface area contributed by atoms with Gasteiger partial charge >= 0.3 is 5.97 Å². The molecule has 11 heavy (non-hydrogen) atoms. The molecule has 0 rings (SSSR count). The van der Waals surface area contributed by atoms with Crippen molar-refractivity contribution in [2.24, 2.45) is 0 Å². The predicted octanol–water partition coefficient (Wildman–Crippen LogP) is -0.276. The van der Waals surface area contributed by atoms with Crippen LogP contribution in [0.3, 0.4) is 0 Å². The van der Waals surface area contributed by atoms with Crippen LogP contribution < -0.4 is 0 Å². The highest BCUT2D eigenvalue weighted by Gasteiger charge is 2.13. The maximum absolute atomic E-state index is 10.7. The second-order valence-corrected chi connectivity index (χ2v) is 1.69. The van der Waals surface area contributed by atoms with Gasteiger partial charge in [0.2, 0.25) is 0 Å². The molecule has 0 bridgehead atoms. The Balaban J connectivity index is 3.65. The Labute approximate surface area is 64.5 Å². The smallest absolute Gasteiger partial charge is 0.348 e. The average Bonchev–Trinajstić information content (AvgIpc) is 2.00. The molecule has 0 heterocycles. The van der Waals surface area contributed by atoms with E-state index in [9.17, 15) is 9.59 Å². The van der Waals surface area contributed by atoms with Crippen LogP contribution >= 0.6 is 0 Å². The second-order valence-electron chi connectivity index (χ2n) is 1.69. The molecule has 4 heteroatoms. The molecule has 0 aliphatic carbocycles. The number of hydrogen-bond acceptors (Lipinski definition) is 4. The van der Waals surface area contributed by atoms with Gasteiger partial charge in [0.05, 0.1) is 0 Å². The molecule has 0 amide bonds. The topological polar surface area (TPSA) is 52.6 Å². The summed E-state index contributed by atoms with van der Waals surface area (Å²) in [4.78, 5) is 20.4. The Kier molecular flexibility index (Phi) is 4.58. The lowest BCUT2D eigenvalue weighted by atomic mass is 10.4. The quantitative estimate of drug-likeness (QED) is 0.319. The van der Waals surface area contributed by atoms with Crippen molar-refractivity contribution in [1.29, 1.82) is 0 Å². The molecule has 0 spiro atoms. The van der Waals surface area contributed by atoms with Crippen molar-refractivity contribution < 1.29 is 19.1 Å². The molecule has 0 N–H and O–H groups in total. The number of hydrogen-bond donors (Lipinski definition) is 0. The summed E-state index contributed by atoms with van der Waals surface area (Å²) in [5.74, 6) is 1.47. The third-order valence-corrected chi connectivity index (χ3v) is 0.889. The zero-order valence-electron chi connectivity index (χ0n) is 6.07. The molecule has 0 radical (unpaired) electrons. The third-order valence-electron chi connectivity index (χ3n) is 0.889. The van der Waals surface area contributed by atoms with Crippen LogP contribution in [0.5, 0.6) is 0 Å². The summed E-state index contributed by atoms with van der Waals surface area (Å²) in [7, 11) is 0. The van der Waals surface area contributed by atoms with Crippen LogP contribution in [-0.4, -0.2) is 25.2 Å². The lowest BCUT2D eigenvalue weighted by Gasteiger charge is -2.06. The van der Waals surface area contributed by atoms with E-state index in [0.717, 1.165) is 0 Å². The van der Waals surface area contributed by atoms with E-state index in [1.54, 1.807) is 0 Å². The third kappa shape index (κ3) is 3.98. The second kappa shape index (κ2) is 5.30. The van der Waals surface area contributed by atoms with E-state index in [2.05, 4.69) is 15.4 Å². The fourth-order valence-corrected chi connectivity index (χ4v) is 0.369. The first-order chi connectivity index (χ1) is 5.22. The Morgan fingerprint density at radius 1 is 1.82 bits per heavy atom. The van der Waals surface area contributed by atoms with Crippen molar-refractivity contribution in [3.63, 3.8) is 0 Å². The van der Waals surface area contributed by atoms with Gasteiger partial charge in [0, 0.05) is 0 Å². The number of carbonyl (C=O) groups excluding carboxylic acids is 2. The molecule has 0 aromatic carbocycles. The molecule has 0 aromatic rings. The molecule has 1 unspecified atom stereocenters. The molecule has 60 valence electrons. The fraction of sp³-hybridized carbons (Fsp3) is 0.429. The molecular formula is C7H8O4. The Hall–Kier alpha value is -1.50. The molecule has 4 nitrogen and oxygen atoms in total. The number of esters is 1. The van der Waals surface area contributed by atoms with Crippen LogP contribution in [0, 0.1) is 12.3 Å². The average molecular weight is 156 g/mol. The Morgan fingerprint density at radius 2 is 2.45 bits per heavy atom. The van der Waals surface area contributed by atoms with E-state index in [0.29, 0.717) is 0 Å². The zero-order chi connectivity index (χ0) is 8.69. The number of ether oxygens (including phenoxy) is 2. The standard InChI is InChI=1S/C7H8O4/c1-3-4-10-7(9)6(2)11-5-8/h1,5-6H,4H2,2H3. The van der Waals surface area contributed by atoms with Gasteiger partial charge in [0.25, 0.3) is 6.47 Å². The van der Waals surface area contributed by atoms with Crippen molar-refractivity contribution >= 4 is 12.4 Å². The molecule has 0 saturated heterocycles. The molecular weight excluding hydrogens is 148 g/mol. The van der Waals surface area contributed by atoms with Crippen LogP contribution in [-0.2, 0) is 19.1 Å². The van der Waals surface area contributed by atoms with Gasteiger partial charge in [-0.25, -0.2) is 4.79 Å². The number of carbonyl (C=O) groups is 2. The van der Waals surface area contributed by atoms with E-state index in [1.165, 1.54) is 6.92 Å². The minimum atomic E-state index is -0.888. The first kappa shape index (κ1) is 9.50. The summed E-state index contributed by atoms with van der Waals surface area (Å²) in [6.07, 6.45) is 3.93. The van der Waals surface area contributed by atoms with Crippen LogP contribution in [0.4, 0.5) is 0 Å². The highest BCUT2D eigenvalue weighted by Crippen LogP contribution is 1.91. The summed E-state index contributed by atoms with van der Waals surface area (Å²) in [6.45, 7) is 1.47. The molecule has 0 saturated carbocycles. The lowest BCUT2D eigenvalue weighted by molar-refractivity contribution is -0.159. The molecule has 0 aliphatic heterocycles. The summed E-state index contributed by atoms with van der Waals surface area (Å²) >= 11 is 0. The normalized spacial score (nSPS) is 10.9. The van der Waals surface area contributed by atoms with Gasteiger partial charge < -0.3 is 9.47 Å². The predicted molar refractivity (Wildman–Crippen MR) is 36.4 cm³/mol. The molecule has 1 atom stereocenters. The highest BCUT2D eigenvalue weighted by molar-refractivity contribution is 5.75. The Morgan fingerprint density at radius 3 is 2.91 bits per heavy atom. The largest absolute Gasteiger partial charge is 0.453 e. The Bertz CT molecular complexity index is 179. The summed E-state index contributed by atoms with van der Waals surface area (Å²) < 4.78 is 8.72. The monoisotopic (exact) mass is 156 g/mol. The van der Waals surface area contributed by atoms with E-state index in [-0.39, 0.29) is 13.1 Å². The molecule has 0 aliphatic rings. The van der Waals surface area contributed by atoms with Gasteiger partial charge in [-0.3, -0.25) is 4.79 Å². The SMILES string of the molecule is C#CCOC(=O)C(C)OC=O.